The molecule has 2 aromatic rings. The fourth-order valence-electron chi connectivity index (χ4n) is 2.56. The number of aliphatic hydroxyl groups is 1. The summed E-state index contributed by atoms with van der Waals surface area (Å²) < 4.78 is 6.62. The van der Waals surface area contributed by atoms with Crippen LogP contribution in [0.3, 0.4) is 0 Å². The molecular formula is C20H24N3O6+. The number of ether oxygens (including phenoxy) is 1. The van der Waals surface area contributed by atoms with Gasteiger partial charge in [0, 0.05) is 12.1 Å². The number of carbonyl (C=O) groups excluding carboxylic acids is 2. The van der Waals surface area contributed by atoms with E-state index in [0.29, 0.717) is 6.42 Å². The van der Waals surface area contributed by atoms with Crippen LogP contribution in [0.2, 0.25) is 0 Å². The van der Waals surface area contributed by atoms with E-state index in [1.165, 1.54) is 16.8 Å². The molecule has 4 N–H and O–H groups in total. The number of hydrogen-bond acceptors (Lipinski definition) is 5. The molecule has 0 spiro atoms. The molecule has 0 aliphatic rings. The zero-order valence-electron chi connectivity index (χ0n) is 15.9. The molecule has 2 rings (SSSR count). The van der Waals surface area contributed by atoms with E-state index < -0.39 is 30.6 Å². The fourth-order valence-corrected chi connectivity index (χ4v) is 2.56. The normalized spacial score (nSPS) is 12.5. The predicted octanol–water partition coefficient (Wildman–Crippen LogP) is 0.464. The van der Waals surface area contributed by atoms with Crippen molar-refractivity contribution in [2.45, 2.75) is 32.2 Å². The van der Waals surface area contributed by atoms with E-state index in [2.05, 4.69) is 10.6 Å². The van der Waals surface area contributed by atoms with Gasteiger partial charge in [0.05, 0.1) is 6.61 Å². The highest BCUT2D eigenvalue weighted by Crippen LogP contribution is 2.03. The summed E-state index contributed by atoms with van der Waals surface area (Å²) in [6.07, 6.45) is 3.07. The molecule has 2 amide bonds. The van der Waals surface area contributed by atoms with Crippen molar-refractivity contribution >= 4 is 18.0 Å². The number of amides is 2. The summed E-state index contributed by atoms with van der Waals surface area (Å²) in [7, 11) is 0. The highest BCUT2D eigenvalue weighted by Gasteiger charge is 2.21. The topological polar surface area (TPSA) is 129 Å². The van der Waals surface area contributed by atoms with E-state index in [-0.39, 0.29) is 18.3 Å². The highest BCUT2D eigenvalue weighted by atomic mass is 16.6. The van der Waals surface area contributed by atoms with Crippen molar-refractivity contribution < 1.29 is 33.9 Å². The van der Waals surface area contributed by atoms with Crippen LogP contribution >= 0.6 is 0 Å². The van der Waals surface area contributed by atoms with E-state index in [1.54, 1.807) is 12.3 Å². The lowest BCUT2D eigenvalue weighted by atomic mass is 10.1. The predicted molar refractivity (Wildman–Crippen MR) is 102 cm³/mol. The van der Waals surface area contributed by atoms with Gasteiger partial charge in [-0.3, -0.25) is 4.79 Å². The van der Waals surface area contributed by atoms with Crippen LogP contribution in [0.5, 0.6) is 0 Å². The van der Waals surface area contributed by atoms with Gasteiger partial charge in [0.2, 0.25) is 0 Å². The van der Waals surface area contributed by atoms with Gasteiger partial charge in [-0.15, -0.1) is 0 Å². The van der Waals surface area contributed by atoms with Crippen molar-refractivity contribution in [3.63, 3.8) is 0 Å². The zero-order chi connectivity index (χ0) is 21.2. The van der Waals surface area contributed by atoms with Crippen molar-refractivity contribution in [3.05, 3.63) is 66.0 Å². The molecule has 0 radical (unpaired) electrons. The zero-order valence-corrected chi connectivity index (χ0v) is 15.9. The molecule has 2 atom stereocenters. The average molecular weight is 402 g/mol. The Balaban J connectivity index is 1.85. The lowest BCUT2D eigenvalue weighted by Gasteiger charge is -2.13. The smallest absolute Gasteiger partial charge is 0.412 e. The molecule has 1 aromatic heterocycles. The Hall–Kier alpha value is -3.46. The Bertz CT molecular complexity index is 843. The largest absolute Gasteiger partial charge is 0.480 e. The molecule has 29 heavy (non-hydrogen) atoms. The Morgan fingerprint density at radius 3 is 2.48 bits per heavy atom. The molecule has 0 bridgehead atoms. The van der Waals surface area contributed by atoms with Gasteiger partial charge in [0.15, 0.2) is 18.4 Å². The van der Waals surface area contributed by atoms with E-state index in [9.17, 15) is 14.4 Å². The van der Waals surface area contributed by atoms with Crippen LogP contribution in [0, 0.1) is 0 Å². The van der Waals surface area contributed by atoms with Crippen LogP contribution in [0.4, 0.5) is 4.79 Å². The van der Waals surface area contributed by atoms with Gasteiger partial charge in [-0.05, 0) is 25.0 Å². The summed E-state index contributed by atoms with van der Waals surface area (Å²) >= 11 is 0. The third-order valence-electron chi connectivity index (χ3n) is 4.00. The third kappa shape index (κ3) is 7.23. The van der Waals surface area contributed by atoms with Crippen molar-refractivity contribution in [3.8, 4) is 0 Å². The van der Waals surface area contributed by atoms with Crippen molar-refractivity contribution in [2.75, 3.05) is 6.61 Å². The quantitative estimate of drug-likeness (QED) is 0.451. The lowest BCUT2D eigenvalue weighted by molar-refractivity contribution is -0.727. The maximum Gasteiger partial charge on any atom is 0.412 e. The molecule has 0 aliphatic heterocycles. The first-order chi connectivity index (χ1) is 13.9. The molecule has 0 saturated heterocycles. The maximum atomic E-state index is 12.1. The molecule has 9 nitrogen and oxygen atoms in total. The van der Waals surface area contributed by atoms with Gasteiger partial charge in [-0.25, -0.2) is 9.59 Å². The number of nitrogens with zero attached hydrogens (tertiary/aromatic N) is 1. The third-order valence-corrected chi connectivity index (χ3v) is 4.00. The first-order valence-electron chi connectivity index (χ1n) is 9.00. The van der Waals surface area contributed by atoms with Gasteiger partial charge >= 0.3 is 12.1 Å². The van der Waals surface area contributed by atoms with Crippen LogP contribution in [0.15, 0.2) is 54.9 Å². The van der Waals surface area contributed by atoms with Crippen molar-refractivity contribution in [1.82, 2.24) is 10.6 Å². The Labute approximate surface area is 167 Å². The molecule has 0 unspecified atom stereocenters. The number of rotatable bonds is 9. The minimum Gasteiger partial charge on any atom is -0.480 e. The highest BCUT2D eigenvalue weighted by molar-refractivity contribution is 5.96. The van der Waals surface area contributed by atoms with Crippen LogP contribution in [-0.4, -0.2) is 46.9 Å². The van der Waals surface area contributed by atoms with Gasteiger partial charge in [0.1, 0.15) is 5.56 Å². The summed E-state index contributed by atoms with van der Waals surface area (Å²) in [6.45, 7) is 1.01. The summed E-state index contributed by atoms with van der Waals surface area (Å²) in [5.74, 6) is -2.00. The monoisotopic (exact) mass is 402 g/mol. The maximum absolute atomic E-state index is 12.1. The second kappa shape index (κ2) is 10.8. The molecule has 9 heteroatoms. The molecule has 0 saturated carbocycles. The summed E-state index contributed by atoms with van der Waals surface area (Å²) in [5.41, 5.74) is 1.25. The van der Waals surface area contributed by atoms with E-state index >= 15 is 0 Å². The van der Waals surface area contributed by atoms with E-state index in [0.717, 1.165) is 5.56 Å². The van der Waals surface area contributed by atoms with E-state index in [1.807, 2.05) is 37.3 Å². The number of aliphatic hydroxyl groups excluding tert-OH is 1. The second-order valence-electron chi connectivity index (χ2n) is 6.45. The molecule has 1 aromatic carbocycles. The number of benzene rings is 1. The molecule has 0 fully saturated rings. The molecular weight excluding hydrogens is 378 g/mol. The minimum absolute atomic E-state index is 0.126. The Morgan fingerprint density at radius 2 is 1.83 bits per heavy atom. The summed E-state index contributed by atoms with van der Waals surface area (Å²) in [5, 5.41) is 22.8. The molecule has 154 valence electrons. The Kier molecular flexibility index (Phi) is 8.11. The number of carbonyl (C=O) groups is 3. The van der Waals surface area contributed by atoms with Gasteiger partial charge in [0.25, 0.3) is 12.6 Å². The number of carboxylic acid groups (broad SMARTS) is 1. The van der Waals surface area contributed by atoms with E-state index in [4.69, 9.17) is 14.9 Å². The van der Waals surface area contributed by atoms with Crippen LogP contribution < -0.4 is 15.2 Å². The first-order valence-corrected chi connectivity index (χ1v) is 9.00. The standard InChI is InChI=1S/C20H23N3O6/c1-14(10-15-6-3-2-4-7-15)21-20(28)29-13-23-9-5-8-16(11-23)18(25)22-17(12-24)19(26)27/h2-9,11,14,17,24H,10,12-13H2,1H3,(H2-,21,22,25,26,27,28)/p+1/t14-,17-/m0/s1. The van der Waals surface area contributed by atoms with Crippen molar-refractivity contribution in [2.24, 2.45) is 0 Å². The number of hydrogen-bond donors (Lipinski definition) is 4. The number of alkyl carbamates (subject to hydrolysis) is 1. The number of aromatic nitrogens is 1. The van der Waals surface area contributed by atoms with Crippen LogP contribution in [0.25, 0.3) is 0 Å². The van der Waals surface area contributed by atoms with Crippen molar-refractivity contribution in [1.29, 1.82) is 0 Å². The number of aliphatic carboxylic acids is 1. The number of carboxylic acids is 1. The second-order valence-corrected chi connectivity index (χ2v) is 6.45. The number of pyridine rings is 1. The molecule has 1 heterocycles. The first kappa shape index (κ1) is 21.8. The average Bonchev–Trinajstić information content (AvgIpc) is 2.71. The summed E-state index contributed by atoms with van der Waals surface area (Å²) in [4.78, 5) is 35.0. The van der Waals surface area contributed by atoms with Crippen LogP contribution in [-0.2, 0) is 22.7 Å². The SMILES string of the molecule is C[C@@H](Cc1ccccc1)NC(=O)OC[n+]1cccc(C(=O)N[C@@H](CO)C(=O)O)c1. The summed E-state index contributed by atoms with van der Waals surface area (Å²) in [6, 6.07) is 11.2. The minimum atomic E-state index is -1.40. The Morgan fingerprint density at radius 1 is 1.10 bits per heavy atom. The van der Waals surface area contributed by atoms with Gasteiger partial charge in [-0.1, -0.05) is 30.3 Å². The fraction of sp³-hybridized carbons (Fsp3) is 0.300. The number of nitrogens with one attached hydrogen (secondary N) is 2. The molecule has 0 aliphatic carbocycles. The van der Waals surface area contributed by atoms with Gasteiger partial charge < -0.3 is 25.6 Å². The van der Waals surface area contributed by atoms with Crippen LogP contribution in [0.1, 0.15) is 22.8 Å². The van der Waals surface area contributed by atoms with Gasteiger partial charge in [-0.2, -0.15) is 4.57 Å². The lowest BCUT2D eigenvalue weighted by Crippen LogP contribution is -2.45.